The van der Waals surface area contributed by atoms with Crippen molar-refractivity contribution in [2.24, 2.45) is 13.0 Å². The van der Waals surface area contributed by atoms with E-state index in [0.29, 0.717) is 35.1 Å². The average molecular weight is 594 g/mol. The molecule has 1 aliphatic rings. The van der Waals surface area contributed by atoms with Gasteiger partial charge < -0.3 is 19.9 Å². The number of carbonyl (C=O) groups excluding carboxylic acids is 1. The van der Waals surface area contributed by atoms with Crippen LogP contribution in [0.25, 0.3) is 11.1 Å². The number of pyridine rings is 1. The van der Waals surface area contributed by atoms with E-state index in [1.165, 1.54) is 16.7 Å². The summed E-state index contributed by atoms with van der Waals surface area (Å²) in [4.78, 5) is 41.3. The van der Waals surface area contributed by atoms with Crippen LogP contribution in [0.2, 0.25) is 0 Å². The molecule has 0 unspecified atom stereocenters. The number of carbonyl (C=O) groups is 2. The number of rotatable bonds is 12. The van der Waals surface area contributed by atoms with Crippen LogP contribution in [0, 0.1) is 38.3 Å². The highest BCUT2D eigenvalue weighted by molar-refractivity contribution is 5.85. The summed E-state index contributed by atoms with van der Waals surface area (Å²) in [5, 5.41) is 12.6. The number of halogens is 2. The second-order valence-corrected chi connectivity index (χ2v) is 12.3. The van der Waals surface area contributed by atoms with Crippen LogP contribution in [-0.2, 0) is 23.1 Å². The van der Waals surface area contributed by atoms with Crippen LogP contribution in [-0.4, -0.2) is 47.1 Å². The number of nitrogens with zero attached hydrogens (tertiary/aromatic N) is 2. The van der Waals surface area contributed by atoms with E-state index in [-0.39, 0.29) is 28.4 Å². The first-order valence-electron chi connectivity index (χ1n) is 14.7. The Hall–Kier alpha value is -3.85. The fourth-order valence-electron chi connectivity index (χ4n) is 5.86. The fourth-order valence-corrected chi connectivity index (χ4v) is 5.86. The van der Waals surface area contributed by atoms with Crippen molar-refractivity contribution in [2.45, 2.75) is 64.8 Å². The van der Waals surface area contributed by atoms with E-state index in [9.17, 15) is 23.9 Å². The van der Waals surface area contributed by atoms with E-state index in [4.69, 9.17) is 0 Å². The Labute approximate surface area is 251 Å². The first kappa shape index (κ1) is 32.1. The molecule has 9 heteroatoms. The van der Waals surface area contributed by atoms with Crippen LogP contribution in [0.1, 0.15) is 71.0 Å². The highest BCUT2D eigenvalue weighted by Gasteiger charge is 2.34. The first-order chi connectivity index (χ1) is 20.2. The number of aromatic nitrogens is 1. The van der Waals surface area contributed by atoms with Gasteiger partial charge in [0.1, 0.15) is 11.6 Å². The van der Waals surface area contributed by atoms with Gasteiger partial charge in [-0.1, -0.05) is 12.8 Å². The molecule has 2 N–H and O–H groups in total. The average Bonchev–Trinajstić information content (AvgIpc) is 3.73. The molecule has 1 saturated carbocycles. The highest BCUT2D eigenvalue weighted by Crippen LogP contribution is 2.39. The van der Waals surface area contributed by atoms with Crippen molar-refractivity contribution >= 4 is 11.9 Å². The third-order valence-electron chi connectivity index (χ3n) is 8.21. The zero-order chi connectivity index (χ0) is 31.6. The van der Waals surface area contributed by atoms with Crippen molar-refractivity contribution in [3.05, 3.63) is 91.9 Å². The van der Waals surface area contributed by atoms with Gasteiger partial charge >= 0.3 is 5.97 Å². The molecular formula is C34H41F2N3O4. The fraction of sp³-hybridized carbons (Fsp3) is 0.441. The molecule has 4 rings (SSSR count). The molecule has 1 heterocycles. The Morgan fingerprint density at radius 3 is 2.26 bits per heavy atom. The number of aliphatic carboxylic acids is 1. The third kappa shape index (κ3) is 7.76. The van der Waals surface area contributed by atoms with E-state index in [1.807, 2.05) is 19.0 Å². The Kier molecular flexibility index (Phi) is 9.85. The number of aryl methyl sites for hydroxylation is 4. The maximum Gasteiger partial charge on any atom is 0.305 e. The molecule has 7 nitrogen and oxygen atoms in total. The van der Waals surface area contributed by atoms with Crippen LogP contribution in [0.5, 0.6) is 0 Å². The first-order valence-corrected chi connectivity index (χ1v) is 14.7. The predicted molar refractivity (Wildman–Crippen MR) is 163 cm³/mol. The number of likely N-dealkylation sites (N-methyl/N-ethyl adjacent to an activating group) is 1. The zero-order valence-electron chi connectivity index (χ0n) is 25.8. The number of carboxylic acids is 1. The molecule has 230 valence electrons. The van der Waals surface area contributed by atoms with Crippen molar-refractivity contribution in [1.82, 2.24) is 14.8 Å². The smallest absolute Gasteiger partial charge is 0.305 e. The third-order valence-corrected chi connectivity index (χ3v) is 8.21. The molecular weight excluding hydrogens is 552 g/mol. The van der Waals surface area contributed by atoms with Crippen molar-refractivity contribution in [1.29, 1.82) is 0 Å². The van der Waals surface area contributed by atoms with Crippen molar-refractivity contribution in [3.8, 4) is 11.1 Å². The SMILES string of the molecule is Cc1cc(-c2c(C)cc(F)cc2C)cc([C@H](CC(=O)O)NC(=O)[C@@H](CC2CC2)c2cc(CCN(C)C)cn(C)c2=O)c1F. The Balaban J connectivity index is 1.75. The lowest BCUT2D eigenvalue weighted by atomic mass is 9.89. The number of hydrogen-bond donors (Lipinski definition) is 2. The lowest BCUT2D eigenvalue weighted by molar-refractivity contribution is -0.137. The van der Waals surface area contributed by atoms with E-state index >= 15 is 4.39 Å². The summed E-state index contributed by atoms with van der Waals surface area (Å²) in [7, 11) is 5.58. The molecule has 1 amide bonds. The number of carboxylic acid groups (broad SMARTS) is 1. The Morgan fingerprint density at radius 1 is 1.02 bits per heavy atom. The van der Waals surface area contributed by atoms with Crippen molar-refractivity contribution < 1.29 is 23.5 Å². The molecule has 0 bridgehead atoms. The monoisotopic (exact) mass is 593 g/mol. The van der Waals surface area contributed by atoms with Crippen LogP contribution in [0.4, 0.5) is 8.78 Å². The summed E-state index contributed by atoms with van der Waals surface area (Å²) in [6.45, 7) is 5.86. The highest BCUT2D eigenvalue weighted by atomic mass is 19.1. The number of hydrogen-bond acceptors (Lipinski definition) is 4. The molecule has 0 radical (unpaired) electrons. The lowest BCUT2D eigenvalue weighted by Gasteiger charge is -2.25. The summed E-state index contributed by atoms with van der Waals surface area (Å²) in [5.74, 6) is -3.23. The molecule has 2 atom stereocenters. The van der Waals surface area contributed by atoms with Gasteiger partial charge in [0.05, 0.1) is 18.4 Å². The lowest BCUT2D eigenvalue weighted by Crippen LogP contribution is -2.37. The second-order valence-electron chi connectivity index (χ2n) is 12.3. The predicted octanol–water partition coefficient (Wildman–Crippen LogP) is 5.58. The Morgan fingerprint density at radius 2 is 1.67 bits per heavy atom. The number of benzene rings is 2. The maximum absolute atomic E-state index is 15.7. The summed E-state index contributed by atoms with van der Waals surface area (Å²) in [6, 6.07) is 6.58. The topological polar surface area (TPSA) is 91.6 Å². The van der Waals surface area contributed by atoms with Crippen LogP contribution in [0.3, 0.4) is 0 Å². The summed E-state index contributed by atoms with van der Waals surface area (Å²) >= 11 is 0. The van der Waals surface area contributed by atoms with Gasteiger partial charge in [-0.05, 0) is 117 Å². The number of nitrogens with one attached hydrogen (secondary N) is 1. The van der Waals surface area contributed by atoms with Crippen LogP contribution < -0.4 is 10.9 Å². The standard InChI is InChI=1S/C34H41F2N3O4/c1-19-12-25(35)13-20(2)31(19)24-11-21(3)32(36)28(16-24)29(17-30(40)41)37-33(42)26(14-22-7-8-22)27-15-23(9-10-38(4)5)18-39(6)34(27)43/h11-13,15-16,18,22,26,29H,7-10,14,17H2,1-6H3,(H,37,42)(H,40,41)/t26-,29-/m0/s1. The molecule has 0 spiro atoms. The molecule has 1 aliphatic carbocycles. The molecule has 0 aliphatic heterocycles. The van der Waals surface area contributed by atoms with E-state index in [1.54, 1.807) is 52.2 Å². The summed E-state index contributed by atoms with van der Waals surface area (Å²) in [5.41, 5.74) is 3.94. The van der Waals surface area contributed by atoms with Crippen LogP contribution >= 0.6 is 0 Å². The van der Waals surface area contributed by atoms with Gasteiger partial charge in [-0.3, -0.25) is 14.4 Å². The van der Waals surface area contributed by atoms with Gasteiger partial charge in [0.25, 0.3) is 5.56 Å². The minimum atomic E-state index is -1.21. The molecule has 1 fully saturated rings. The molecule has 43 heavy (non-hydrogen) atoms. The minimum Gasteiger partial charge on any atom is -0.481 e. The van der Waals surface area contributed by atoms with Gasteiger partial charge in [-0.2, -0.15) is 0 Å². The van der Waals surface area contributed by atoms with Crippen LogP contribution in [0.15, 0.2) is 41.3 Å². The molecule has 2 aromatic carbocycles. The van der Waals surface area contributed by atoms with E-state index < -0.39 is 36.1 Å². The molecule has 3 aromatic rings. The van der Waals surface area contributed by atoms with Gasteiger partial charge in [0.2, 0.25) is 5.91 Å². The number of amides is 1. The van der Waals surface area contributed by atoms with E-state index in [2.05, 4.69) is 5.32 Å². The summed E-state index contributed by atoms with van der Waals surface area (Å²) < 4.78 is 31.2. The second kappa shape index (κ2) is 13.2. The normalized spacial score (nSPS) is 14.5. The quantitative estimate of drug-likeness (QED) is 0.286. The molecule has 1 aromatic heterocycles. The minimum absolute atomic E-state index is 0.0340. The van der Waals surface area contributed by atoms with Gasteiger partial charge in [0.15, 0.2) is 0 Å². The van der Waals surface area contributed by atoms with E-state index in [0.717, 1.165) is 30.5 Å². The largest absolute Gasteiger partial charge is 0.481 e. The summed E-state index contributed by atoms with van der Waals surface area (Å²) in [6.07, 6.45) is 4.27. The van der Waals surface area contributed by atoms with Crippen molar-refractivity contribution in [2.75, 3.05) is 20.6 Å². The van der Waals surface area contributed by atoms with Gasteiger partial charge in [-0.15, -0.1) is 0 Å². The van der Waals surface area contributed by atoms with Crippen molar-refractivity contribution in [3.63, 3.8) is 0 Å². The molecule has 0 saturated heterocycles. The maximum atomic E-state index is 15.7. The van der Waals surface area contributed by atoms with Gasteiger partial charge in [0, 0.05) is 30.9 Å². The Bertz CT molecular complexity index is 1570. The zero-order valence-corrected chi connectivity index (χ0v) is 25.8. The van der Waals surface area contributed by atoms with Gasteiger partial charge in [-0.25, -0.2) is 8.78 Å².